The molecule has 1 aromatic carbocycles. The Hall–Kier alpha value is -2.55. The summed E-state index contributed by atoms with van der Waals surface area (Å²) in [5, 5.41) is 10.5. The van der Waals surface area contributed by atoms with E-state index in [-0.39, 0.29) is 22.9 Å². The summed E-state index contributed by atoms with van der Waals surface area (Å²) in [6, 6.07) is 5.07. The third-order valence-electron chi connectivity index (χ3n) is 2.85. The summed E-state index contributed by atoms with van der Waals surface area (Å²) in [4.78, 5) is 25.9. The van der Waals surface area contributed by atoms with Gasteiger partial charge in [-0.25, -0.2) is 0 Å². The van der Waals surface area contributed by atoms with Crippen molar-refractivity contribution >= 4 is 23.4 Å². The normalized spacial score (nSPS) is 10.2. The number of methoxy groups -OCH3 is 2. The van der Waals surface area contributed by atoms with E-state index in [1.165, 1.54) is 14.2 Å². The zero-order valence-electron chi connectivity index (χ0n) is 12.9. The van der Waals surface area contributed by atoms with Crippen molar-refractivity contribution in [2.45, 2.75) is 12.1 Å². The number of aromatic amines is 1. The van der Waals surface area contributed by atoms with Crippen LogP contribution >= 0.6 is 11.8 Å². The van der Waals surface area contributed by atoms with Crippen LogP contribution in [0.5, 0.6) is 11.5 Å². The summed E-state index contributed by atoms with van der Waals surface area (Å²) < 4.78 is 10.3. The number of hydrogen-bond donors (Lipinski definition) is 2. The molecule has 2 rings (SSSR count). The Balaban J connectivity index is 1.96. The zero-order valence-corrected chi connectivity index (χ0v) is 13.7. The molecular weight excluding hydrogens is 320 g/mol. The van der Waals surface area contributed by atoms with Gasteiger partial charge in [0.25, 0.3) is 5.56 Å². The van der Waals surface area contributed by atoms with Crippen LogP contribution in [0.25, 0.3) is 0 Å². The summed E-state index contributed by atoms with van der Waals surface area (Å²) in [6.07, 6.45) is 0. The van der Waals surface area contributed by atoms with E-state index < -0.39 is 0 Å². The number of carbonyl (C=O) groups is 1. The van der Waals surface area contributed by atoms with Crippen LogP contribution in [0, 0.1) is 6.92 Å². The first-order valence-electron chi connectivity index (χ1n) is 6.61. The maximum Gasteiger partial charge on any atom is 0.273 e. The number of ether oxygens (including phenoxy) is 2. The van der Waals surface area contributed by atoms with Crippen molar-refractivity contribution in [2.75, 3.05) is 25.3 Å². The number of anilines is 1. The Labute approximate surface area is 136 Å². The summed E-state index contributed by atoms with van der Waals surface area (Å²) in [5.74, 6) is 0.937. The van der Waals surface area contributed by atoms with Crippen LogP contribution in [-0.2, 0) is 4.79 Å². The first kappa shape index (κ1) is 16.8. The van der Waals surface area contributed by atoms with Crippen LogP contribution in [-0.4, -0.2) is 41.1 Å². The molecule has 1 heterocycles. The maximum atomic E-state index is 11.9. The fourth-order valence-corrected chi connectivity index (χ4v) is 2.29. The molecule has 0 bridgehead atoms. The number of nitrogens with zero attached hydrogens (tertiary/aromatic N) is 2. The van der Waals surface area contributed by atoms with Crippen LogP contribution in [0.1, 0.15) is 5.69 Å². The molecule has 0 aliphatic carbocycles. The first-order chi connectivity index (χ1) is 11.0. The minimum absolute atomic E-state index is 0.0853. The van der Waals surface area contributed by atoms with E-state index in [1.807, 2.05) is 0 Å². The lowest BCUT2D eigenvalue weighted by atomic mass is 10.2. The maximum absolute atomic E-state index is 11.9. The highest BCUT2D eigenvalue weighted by molar-refractivity contribution is 7.99. The van der Waals surface area contributed by atoms with E-state index >= 15 is 0 Å². The zero-order chi connectivity index (χ0) is 16.8. The molecule has 0 aliphatic rings. The van der Waals surface area contributed by atoms with Crippen molar-refractivity contribution in [3.05, 3.63) is 34.2 Å². The Morgan fingerprint density at radius 2 is 2.00 bits per heavy atom. The molecule has 0 unspecified atom stereocenters. The lowest BCUT2D eigenvalue weighted by Crippen LogP contribution is -2.17. The molecule has 2 N–H and O–H groups in total. The number of thioether (sulfide) groups is 1. The Morgan fingerprint density at radius 3 is 2.65 bits per heavy atom. The van der Waals surface area contributed by atoms with Gasteiger partial charge in [0.2, 0.25) is 5.91 Å². The lowest BCUT2D eigenvalue weighted by Gasteiger charge is -2.10. The van der Waals surface area contributed by atoms with Crippen molar-refractivity contribution in [1.29, 1.82) is 0 Å². The molecule has 0 saturated carbocycles. The van der Waals surface area contributed by atoms with Gasteiger partial charge in [-0.2, -0.15) is 0 Å². The van der Waals surface area contributed by atoms with E-state index in [2.05, 4.69) is 20.5 Å². The second kappa shape index (κ2) is 7.63. The molecule has 9 heteroatoms. The molecule has 23 heavy (non-hydrogen) atoms. The largest absolute Gasteiger partial charge is 0.493 e. The molecule has 8 nitrogen and oxygen atoms in total. The molecular formula is C14H16N4O4S. The number of aromatic nitrogens is 3. The quantitative estimate of drug-likeness (QED) is 0.764. The van der Waals surface area contributed by atoms with Gasteiger partial charge in [0.1, 0.15) is 5.69 Å². The van der Waals surface area contributed by atoms with Crippen molar-refractivity contribution in [1.82, 2.24) is 15.2 Å². The molecule has 122 valence electrons. The molecule has 0 fully saturated rings. The lowest BCUT2D eigenvalue weighted by molar-refractivity contribution is -0.113. The number of hydrogen-bond acceptors (Lipinski definition) is 7. The highest BCUT2D eigenvalue weighted by Gasteiger charge is 2.09. The Morgan fingerprint density at radius 1 is 1.26 bits per heavy atom. The summed E-state index contributed by atoms with van der Waals surface area (Å²) in [5.41, 5.74) is 0.545. The van der Waals surface area contributed by atoms with E-state index in [0.29, 0.717) is 22.3 Å². The molecule has 0 radical (unpaired) electrons. The predicted molar refractivity (Wildman–Crippen MR) is 86.3 cm³/mol. The Bertz CT molecular complexity index is 763. The summed E-state index contributed by atoms with van der Waals surface area (Å²) in [6.45, 7) is 1.56. The van der Waals surface area contributed by atoms with Crippen LogP contribution in [0.4, 0.5) is 5.69 Å². The molecule has 0 atom stereocenters. The van der Waals surface area contributed by atoms with Crippen molar-refractivity contribution in [3.63, 3.8) is 0 Å². The average molecular weight is 336 g/mol. The first-order valence-corrected chi connectivity index (χ1v) is 7.60. The van der Waals surface area contributed by atoms with Crippen molar-refractivity contribution < 1.29 is 14.3 Å². The number of nitrogens with one attached hydrogen (secondary N) is 2. The average Bonchev–Trinajstić information content (AvgIpc) is 2.55. The van der Waals surface area contributed by atoms with Crippen molar-refractivity contribution in [3.8, 4) is 11.5 Å². The van der Waals surface area contributed by atoms with Crippen LogP contribution < -0.4 is 20.3 Å². The number of carbonyl (C=O) groups excluding carboxylic acids is 1. The SMILES string of the molecule is COc1ccc(NC(=O)CSc2nnc(C)c(=O)[nH]2)cc1OC. The molecule has 2 aromatic rings. The van der Waals surface area contributed by atoms with Crippen molar-refractivity contribution in [2.24, 2.45) is 0 Å². The number of amides is 1. The third kappa shape index (κ3) is 4.46. The molecule has 0 spiro atoms. The molecule has 1 amide bonds. The smallest absolute Gasteiger partial charge is 0.273 e. The van der Waals surface area contributed by atoms with Gasteiger partial charge in [-0.05, 0) is 19.1 Å². The minimum atomic E-state index is -0.317. The minimum Gasteiger partial charge on any atom is -0.493 e. The van der Waals surface area contributed by atoms with Crippen LogP contribution in [0.15, 0.2) is 28.2 Å². The van der Waals surface area contributed by atoms with E-state index in [9.17, 15) is 9.59 Å². The topological polar surface area (TPSA) is 106 Å². The van der Waals surface area contributed by atoms with Gasteiger partial charge >= 0.3 is 0 Å². The third-order valence-corrected chi connectivity index (χ3v) is 3.71. The summed E-state index contributed by atoms with van der Waals surface area (Å²) in [7, 11) is 3.06. The van der Waals surface area contributed by atoms with Gasteiger partial charge in [0.05, 0.1) is 20.0 Å². The highest BCUT2D eigenvalue weighted by Crippen LogP contribution is 2.29. The second-order valence-electron chi connectivity index (χ2n) is 4.45. The fraction of sp³-hybridized carbons (Fsp3) is 0.286. The van der Waals surface area contributed by atoms with Gasteiger partial charge < -0.3 is 14.8 Å². The monoisotopic (exact) mass is 336 g/mol. The molecule has 0 saturated heterocycles. The Kier molecular flexibility index (Phi) is 5.58. The number of H-pyrrole nitrogens is 1. The fourth-order valence-electron chi connectivity index (χ4n) is 1.69. The van der Waals surface area contributed by atoms with Gasteiger partial charge in [-0.15, -0.1) is 10.2 Å². The van der Waals surface area contributed by atoms with Gasteiger partial charge in [-0.1, -0.05) is 11.8 Å². The van der Waals surface area contributed by atoms with Gasteiger partial charge in [-0.3, -0.25) is 14.6 Å². The number of benzene rings is 1. The van der Waals surface area contributed by atoms with E-state index in [4.69, 9.17) is 9.47 Å². The highest BCUT2D eigenvalue weighted by atomic mass is 32.2. The molecule has 0 aliphatic heterocycles. The van der Waals surface area contributed by atoms with E-state index in [0.717, 1.165) is 11.8 Å². The second-order valence-corrected chi connectivity index (χ2v) is 5.42. The van der Waals surface area contributed by atoms with Crippen LogP contribution in [0.3, 0.4) is 0 Å². The summed E-state index contributed by atoms with van der Waals surface area (Å²) >= 11 is 1.09. The van der Waals surface area contributed by atoms with Gasteiger partial charge in [0, 0.05) is 11.8 Å². The standard InChI is InChI=1S/C14H16N4O4S/c1-8-13(20)16-14(18-17-8)23-7-12(19)15-9-4-5-10(21-2)11(6-9)22-3/h4-6H,7H2,1-3H3,(H,15,19)(H,16,18,20). The molecule has 1 aromatic heterocycles. The van der Waals surface area contributed by atoms with Gasteiger partial charge in [0.15, 0.2) is 16.7 Å². The predicted octanol–water partition coefficient (Wildman–Crippen LogP) is 1.22. The van der Waals surface area contributed by atoms with E-state index in [1.54, 1.807) is 25.1 Å². The number of aryl methyl sites for hydroxylation is 1. The van der Waals surface area contributed by atoms with Crippen LogP contribution in [0.2, 0.25) is 0 Å². The number of rotatable bonds is 6.